The Kier molecular flexibility index (Phi) is 40.2. The molecule has 0 aromatic heterocycles. The normalized spacial score (nSPS) is 4.29. The minimum absolute atomic E-state index is 0. The standard InChI is InChI=1S/CH4N2S.H4N2.H2O/c2-1(3)4;1-2;/h(H4,2,3,4);1-2H2;1H2. The number of hydrazine groups is 1. The molecular formula is CH10N4OS. The summed E-state index contributed by atoms with van der Waals surface area (Å²) in [6, 6.07) is 0. The molecule has 0 fully saturated rings. The second-order valence-electron chi connectivity index (χ2n) is 0.402. The van der Waals surface area contributed by atoms with Crippen LogP contribution in [0.3, 0.4) is 0 Å². The molecule has 0 atom stereocenters. The van der Waals surface area contributed by atoms with Crippen LogP contribution < -0.4 is 23.2 Å². The lowest BCUT2D eigenvalue weighted by atomic mass is 11.3. The van der Waals surface area contributed by atoms with Gasteiger partial charge in [0, 0.05) is 0 Å². The Morgan fingerprint density at radius 2 is 1.14 bits per heavy atom. The van der Waals surface area contributed by atoms with Gasteiger partial charge in [0.1, 0.15) is 0 Å². The van der Waals surface area contributed by atoms with Crippen molar-refractivity contribution in [3.05, 3.63) is 0 Å². The quantitative estimate of drug-likeness (QED) is 0.158. The van der Waals surface area contributed by atoms with Crippen molar-refractivity contribution in [2.24, 2.45) is 23.2 Å². The Labute approximate surface area is 46.9 Å². The van der Waals surface area contributed by atoms with Gasteiger partial charge in [-0.25, -0.2) is 0 Å². The van der Waals surface area contributed by atoms with E-state index in [1.165, 1.54) is 0 Å². The molecule has 0 rings (SSSR count). The molecular weight excluding hydrogens is 116 g/mol. The maximum Gasteiger partial charge on any atom is 0.160 e. The first-order valence-electron chi connectivity index (χ1n) is 1.11. The summed E-state index contributed by atoms with van der Waals surface area (Å²) in [5, 5.41) is 0.000000000000000222. The van der Waals surface area contributed by atoms with Crippen LogP contribution in [0.25, 0.3) is 0 Å². The Balaban J connectivity index is -0.0000000480. The van der Waals surface area contributed by atoms with Gasteiger partial charge in [-0.05, 0) is 12.2 Å². The summed E-state index contributed by atoms with van der Waals surface area (Å²) >= 11 is 4.09. The summed E-state index contributed by atoms with van der Waals surface area (Å²) in [4.78, 5) is 0. The Morgan fingerprint density at radius 3 is 1.14 bits per heavy atom. The lowest BCUT2D eigenvalue weighted by Crippen LogP contribution is -2.18. The van der Waals surface area contributed by atoms with Crippen molar-refractivity contribution in [2.75, 3.05) is 0 Å². The molecule has 0 bridgehead atoms. The van der Waals surface area contributed by atoms with Crippen LogP contribution in [0.15, 0.2) is 0 Å². The van der Waals surface area contributed by atoms with E-state index in [0.29, 0.717) is 0 Å². The summed E-state index contributed by atoms with van der Waals surface area (Å²) in [6.07, 6.45) is 0. The molecule has 0 aromatic rings. The van der Waals surface area contributed by atoms with E-state index >= 15 is 0 Å². The van der Waals surface area contributed by atoms with E-state index in [1.54, 1.807) is 0 Å². The van der Waals surface area contributed by atoms with Crippen molar-refractivity contribution < 1.29 is 5.48 Å². The van der Waals surface area contributed by atoms with E-state index in [2.05, 4.69) is 35.4 Å². The van der Waals surface area contributed by atoms with Gasteiger partial charge in [-0.15, -0.1) is 0 Å². The molecule has 0 aromatic carbocycles. The summed E-state index contributed by atoms with van der Waals surface area (Å²) in [5.41, 5.74) is 9.24. The van der Waals surface area contributed by atoms with Crippen LogP contribution in [0.5, 0.6) is 0 Å². The predicted octanol–water partition coefficient (Wildman–Crippen LogP) is -2.82. The van der Waals surface area contributed by atoms with E-state index < -0.39 is 0 Å². The van der Waals surface area contributed by atoms with Gasteiger partial charge in [-0.1, -0.05) is 0 Å². The molecule has 0 aliphatic carbocycles. The third-order valence-corrected chi connectivity index (χ3v) is 0. The van der Waals surface area contributed by atoms with Crippen molar-refractivity contribution in [2.45, 2.75) is 0 Å². The zero-order valence-corrected chi connectivity index (χ0v) is 4.53. The molecule has 0 aliphatic heterocycles. The lowest BCUT2D eigenvalue weighted by Gasteiger charge is -1.68. The largest absolute Gasteiger partial charge is 0.412 e. The average Bonchev–Trinajstić information content (AvgIpc) is 1.41. The van der Waals surface area contributed by atoms with Gasteiger partial charge in [0.25, 0.3) is 0 Å². The molecule has 5 nitrogen and oxygen atoms in total. The van der Waals surface area contributed by atoms with Crippen molar-refractivity contribution in [1.82, 2.24) is 0 Å². The van der Waals surface area contributed by atoms with Crippen LogP contribution in [0.2, 0.25) is 0 Å². The summed E-state index contributed by atoms with van der Waals surface area (Å²) < 4.78 is 0. The van der Waals surface area contributed by atoms with Crippen molar-refractivity contribution in [1.29, 1.82) is 0 Å². The first-order valence-corrected chi connectivity index (χ1v) is 1.52. The maximum absolute atomic E-state index is 4.62. The number of rotatable bonds is 0. The third-order valence-electron chi connectivity index (χ3n) is 0. The van der Waals surface area contributed by atoms with Crippen LogP contribution in [-0.4, -0.2) is 10.6 Å². The fourth-order valence-corrected chi connectivity index (χ4v) is 0. The number of thiocarbonyl (C=S) groups is 1. The van der Waals surface area contributed by atoms with Crippen LogP contribution in [0.1, 0.15) is 0 Å². The minimum atomic E-state index is 0. The van der Waals surface area contributed by atoms with Gasteiger partial charge < -0.3 is 16.9 Å². The van der Waals surface area contributed by atoms with E-state index in [1.807, 2.05) is 0 Å². The maximum atomic E-state index is 4.62. The lowest BCUT2D eigenvalue weighted by molar-refractivity contribution is 0.824. The second-order valence-corrected chi connectivity index (χ2v) is 0.874. The third kappa shape index (κ3) is 384. The average molecular weight is 126 g/mol. The van der Waals surface area contributed by atoms with E-state index in [9.17, 15) is 0 Å². The molecule has 0 spiro atoms. The van der Waals surface area contributed by atoms with Gasteiger partial charge in [0.15, 0.2) is 5.11 Å². The van der Waals surface area contributed by atoms with Gasteiger partial charge in [0.05, 0.1) is 0 Å². The Bertz CT molecular complexity index is 34.7. The van der Waals surface area contributed by atoms with Gasteiger partial charge >= 0.3 is 0 Å². The van der Waals surface area contributed by atoms with E-state index in [4.69, 9.17) is 0 Å². The highest BCUT2D eigenvalue weighted by molar-refractivity contribution is 7.80. The molecule has 0 aliphatic rings. The topological polar surface area (TPSA) is 136 Å². The molecule has 0 saturated heterocycles. The number of nitrogens with two attached hydrogens (primary N) is 4. The summed E-state index contributed by atoms with van der Waals surface area (Å²) in [5.74, 6) is 8.00. The monoisotopic (exact) mass is 126 g/mol. The van der Waals surface area contributed by atoms with Crippen LogP contribution in [0.4, 0.5) is 0 Å². The number of hydrogen-bond acceptors (Lipinski definition) is 3. The summed E-state index contributed by atoms with van der Waals surface area (Å²) in [7, 11) is 0. The molecule has 6 heteroatoms. The molecule has 0 radical (unpaired) electrons. The molecule has 0 unspecified atom stereocenters. The van der Waals surface area contributed by atoms with E-state index in [-0.39, 0.29) is 10.6 Å². The molecule has 0 amide bonds. The van der Waals surface area contributed by atoms with Crippen molar-refractivity contribution in [3.63, 3.8) is 0 Å². The minimum Gasteiger partial charge on any atom is -0.412 e. The highest BCUT2D eigenvalue weighted by atomic mass is 32.1. The molecule has 0 heterocycles. The highest BCUT2D eigenvalue weighted by Gasteiger charge is 1.53. The van der Waals surface area contributed by atoms with Gasteiger partial charge in [-0.3, -0.25) is 11.7 Å². The molecule has 7 heavy (non-hydrogen) atoms. The first-order chi connectivity index (χ1) is 2.73. The smallest absolute Gasteiger partial charge is 0.160 e. The first kappa shape index (κ1) is 16.0. The van der Waals surface area contributed by atoms with E-state index in [0.717, 1.165) is 0 Å². The highest BCUT2D eigenvalue weighted by Crippen LogP contribution is 1.32. The second kappa shape index (κ2) is 17.6. The van der Waals surface area contributed by atoms with Crippen molar-refractivity contribution >= 4 is 17.3 Å². The molecule has 46 valence electrons. The number of hydrogen-bond donors (Lipinski definition) is 4. The van der Waals surface area contributed by atoms with Crippen LogP contribution in [-0.2, 0) is 0 Å². The summed E-state index contributed by atoms with van der Waals surface area (Å²) in [6.45, 7) is 0. The SMILES string of the molecule is NC(N)=S.NN.O. The Hall–Kier alpha value is -0.430. The van der Waals surface area contributed by atoms with Crippen molar-refractivity contribution in [3.8, 4) is 0 Å². The fraction of sp³-hybridized carbons (Fsp3) is 0. The van der Waals surface area contributed by atoms with Crippen LogP contribution in [0, 0.1) is 0 Å². The zero-order valence-electron chi connectivity index (χ0n) is 3.72. The Morgan fingerprint density at radius 1 is 1.14 bits per heavy atom. The molecule has 0 saturated carbocycles. The predicted molar refractivity (Wildman–Crippen MR) is 33.0 cm³/mol. The zero-order chi connectivity index (χ0) is 5.58. The van der Waals surface area contributed by atoms with Crippen LogP contribution >= 0.6 is 12.2 Å². The van der Waals surface area contributed by atoms with Gasteiger partial charge in [-0.2, -0.15) is 0 Å². The fourth-order valence-electron chi connectivity index (χ4n) is 0. The van der Waals surface area contributed by atoms with Gasteiger partial charge in [0.2, 0.25) is 0 Å². The molecule has 10 N–H and O–H groups in total.